The van der Waals surface area contributed by atoms with Gasteiger partial charge in [0.1, 0.15) is 0 Å². The molecule has 4 heteroatoms. The molecule has 0 fully saturated rings. The van der Waals surface area contributed by atoms with Crippen molar-refractivity contribution in [2.24, 2.45) is 0 Å². The number of aromatic nitrogens is 1. The third kappa shape index (κ3) is 3.59. The van der Waals surface area contributed by atoms with Crippen molar-refractivity contribution in [1.82, 2.24) is 10.3 Å². The van der Waals surface area contributed by atoms with Crippen molar-refractivity contribution in [2.75, 3.05) is 18.0 Å². The van der Waals surface area contributed by atoms with Gasteiger partial charge in [0.15, 0.2) is 0 Å². The minimum Gasteiger partial charge on any atom is -0.364 e. The summed E-state index contributed by atoms with van der Waals surface area (Å²) in [6.07, 6.45) is 6.45. The summed E-state index contributed by atoms with van der Waals surface area (Å²) < 4.78 is 0. The Bertz CT molecular complexity index is 951. The number of nitrogens with zero attached hydrogens (tertiary/aromatic N) is 2. The van der Waals surface area contributed by atoms with E-state index in [0.29, 0.717) is 13.0 Å². The molecule has 0 unspecified atom stereocenters. The molecule has 0 spiro atoms. The van der Waals surface area contributed by atoms with Crippen LogP contribution < -0.4 is 10.2 Å². The lowest BCUT2D eigenvalue weighted by atomic mass is 10.1. The van der Waals surface area contributed by atoms with E-state index in [9.17, 15) is 4.79 Å². The molecule has 2 aromatic carbocycles. The number of hydrogen-bond acceptors (Lipinski definition) is 3. The largest absolute Gasteiger partial charge is 0.364 e. The Balaban J connectivity index is 1.40. The second kappa shape index (κ2) is 7.40. The zero-order valence-corrected chi connectivity index (χ0v) is 14.6. The normalized spacial score (nSPS) is 13.3. The lowest BCUT2D eigenvalue weighted by Gasteiger charge is -2.18. The van der Waals surface area contributed by atoms with Crippen LogP contribution in [-0.2, 0) is 17.8 Å². The monoisotopic (exact) mass is 343 g/mol. The number of pyridine rings is 1. The van der Waals surface area contributed by atoms with Crippen LogP contribution in [0, 0.1) is 0 Å². The van der Waals surface area contributed by atoms with Gasteiger partial charge < -0.3 is 10.2 Å². The van der Waals surface area contributed by atoms with E-state index in [1.54, 1.807) is 6.20 Å². The minimum absolute atomic E-state index is 0.0106. The molecule has 1 aromatic heterocycles. The topological polar surface area (TPSA) is 45.2 Å². The molecular weight excluding hydrogens is 322 g/mol. The Morgan fingerprint density at radius 1 is 1.04 bits per heavy atom. The van der Waals surface area contributed by atoms with Crippen LogP contribution in [0.5, 0.6) is 0 Å². The molecule has 2 heterocycles. The minimum atomic E-state index is 0.0106. The summed E-state index contributed by atoms with van der Waals surface area (Å²) in [4.78, 5) is 19.1. The van der Waals surface area contributed by atoms with Gasteiger partial charge in [0.2, 0.25) is 5.91 Å². The highest BCUT2D eigenvalue weighted by Gasteiger charge is 2.10. The third-order valence-electron chi connectivity index (χ3n) is 4.65. The van der Waals surface area contributed by atoms with Gasteiger partial charge in [-0.3, -0.25) is 9.78 Å². The van der Waals surface area contributed by atoms with Crippen LogP contribution >= 0.6 is 0 Å². The Morgan fingerprint density at radius 2 is 1.85 bits per heavy atom. The molecule has 0 atom stereocenters. The van der Waals surface area contributed by atoms with Crippen LogP contribution in [0.1, 0.15) is 11.1 Å². The van der Waals surface area contributed by atoms with E-state index in [2.05, 4.69) is 39.5 Å². The predicted molar refractivity (Wildman–Crippen MR) is 105 cm³/mol. The first-order valence-corrected chi connectivity index (χ1v) is 8.88. The van der Waals surface area contributed by atoms with Gasteiger partial charge in [-0.25, -0.2) is 0 Å². The second-order valence-electron chi connectivity index (χ2n) is 6.49. The van der Waals surface area contributed by atoms with Crippen LogP contribution in [0.3, 0.4) is 0 Å². The average Bonchev–Trinajstić information content (AvgIpc) is 3.22. The van der Waals surface area contributed by atoms with E-state index < -0.39 is 0 Å². The van der Waals surface area contributed by atoms with Crippen molar-refractivity contribution in [3.05, 3.63) is 84.1 Å². The number of para-hydroxylation sites is 1. The van der Waals surface area contributed by atoms with Gasteiger partial charge in [-0.15, -0.1) is 0 Å². The number of hydrogen-bond donors (Lipinski definition) is 1. The molecule has 26 heavy (non-hydrogen) atoms. The van der Waals surface area contributed by atoms with Crippen molar-refractivity contribution in [3.63, 3.8) is 0 Å². The maximum atomic E-state index is 12.4. The fourth-order valence-corrected chi connectivity index (χ4v) is 3.30. The van der Waals surface area contributed by atoms with Crippen molar-refractivity contribution in [1.29, 1.82) is 0 Å². The maximum absolute atomic E-state index is 12.4. The number of carbonyl (C=O) groups is 1. The summed E-state index contributed by atoms with van der Waals surface area (Å²) in [5.74, 6) is 0.0106. The Kier molecular flexibility index (Phi) is 4.65. The van der Waals surface area contributed by atoms with E-state index in [1.807, 2.05) is 42.5 Å². The number of anilines is 1. The van der Waals surface area contributed by atoms with E-state index in [-0.39, 0.29) is 5.91 Å². The van der Waals surface area contributed by atoms with E-state index >= 15 is 0 Å². The maximum Gasteiger partial charge on any atom is 0.224 e. The van der Waals surface area contributed by atoms with Gasteiger partial charge in [0, 0.05) is 36.9 Å². The van der Waals surface area contributed by atoms with Crippen LogP contribution in [0.25, 0.3) is 10.9 Å². The Morgan fingerprint density at radius 3 is 2.73 bits per heavy atom. The zero-order valence-electron chi connectivity index (χ0n) is 14.6. The van der Waals surface area contributed by atoms with Gasteiger partial charge in [-0.05, 0) is 29.3 Å². The molecule has 1 aliphatic heterocycles. The highest BCUT2D eigenvalue weighted by molar-refractivity contribution is 5.87. The van der Waals surface area contributed by atoms with Gasteiger partial charge in [-0.1, -0.05) is 48.6 Å². The zero-order chi connectivity index (χ0) is 17.8. The predicted octanol–water partition coefficient (Wildman–Crippen LogP) is 3.47. The molecule has 1 aliphatic rings. The second-order valence-corrected chi connectivity index (χ2v) is 6.49. The van der Waals surface area contributed by atoms with E-state index in [4.69, 9.17) is 0 Å². The lowest BCUT2D eigenvalue weighted by molar-refractivity contribution is -0.120. The molecule has 0 saturated heterocycles. The van der Waals surface area contributed by atoms with Gasteiger partial charge in [0.05, 0.1) is 11.9 Å². The molecule has 4 rings (SSSR count). The first kappa shape index (κ1) is 16.3. The molecule has 3 aromatic rings. The first-order chi connectivity index (χ1) is 12.8. The van der Waals surface area contributed by atoms with Crippen molar-refractivity contribution < 1.29 is 4.79 Å². The number of nitrogens with one attached hydrogen (secondary N) is 1. The van der Waals surface area contributed by atoms with Gasteiger partial charge in [-0.2, -0.15) is 0 Å². The number of carbonyl (C=O) groups excluding carboxylic acids is 1. The Hall–Kier alpha value is -3.14. The van der Waals surface area contributed by atoms with Crippen molar-refractivity contribution >= 4 is 22.5 Å². The molecule has 4 nitrogen and oxygen atoms in total. The first-order valence-electron chi connectivity index (χ1n) is 8.88. The number of rotatable bonds is 5. The summed E-state index contributed by atoms with van der Waals surface area (Å²) in [6.45, 7) is 2.43. The SMILES string of the molecule is O=C(Cc1cccc2cccnc12)NCc1cccc(N2CC=CC2)c1. The summed E-state index contributed by atoms with van der Waals surface area (Å²) in [5.41, 5.74) is 4.16. The molecule has 0 bridgehead atoms. The fourth-order valence-electron chi connectivity index (χ4n) is 3.30. The van der Waals surface area contributed by atoms with Crippen LogP contribution in [-0.4, -0.2) is 24.0 Å². The summed E-state index contributed by atoms with van der Waals surface area (Å²) in [6, 6.07) is 18.2. The molecule has 0 radical (unpaired) electrons. The van der Waals surface area contributed by atoms with Crippen LogP contribution in [0.15, 0.2) is 72.9 Å². The van der Waals surface area contributed by atoms with Crippen LogP contribution in [0.2, 0.25) is 0 Å². The number of amides is 1. The molecular formula is C22H21N3O. The van der Waals surface area contributed by atoms with E-state index in [0.717, 1.165) is 35.1 Å². The quantitative estimate of drug-likeness (QED) is 0.722. The molecule has 1 N–H and O–H groups in total. The van der Waals surface area contributed by atoms with Crippen molar-refractivity contribution in [2.45, 2.75) is 13.0 Å². The average molecular weight is 343 g/mol. The summed E-state index contributed by atoms with van der Waals surface area (Å²) in [5, 5.41) is 4.09. The lowest BCUT2D eigenvalue weighted by Crippen LogP contribution is -2.25. The Labute approximate surface area is 153 Å². The molecule has 130 valence electrons. The molecule has 0 aliphatic carbocycles. The van der Waals surface area contributed by atoms with Crippen LogP contribution in [0.4, 0.5) is 5.69 Å². The molecule has 0 saturated carbocycles. The standard InChI is InChI=1S/C22H21N3O/c26-21(15-19-8-4-7-18-9-5-11-23-22(18)19)24-16-17-6-3-10-20(14-17)25-12-1-2-13-25/h1-11,14H,12-13,15-16H2,(H,24,26). The van der Waals surface area contributed by atoms with E-state index in [1.165, 1.54) is 5.69 Å². The smallest absolute Gasteiger partial charge is 0.224 e. The highest BCUT2D eigenvalue weighted by atomic mass is 16.1. The molecule has 1 amide bonds. The third-order valence-corrected chi connectivity index (χ3v) is 4.65. The van der Waals surface area contributed by atoms with Crippen molar-refractivity contribution in [3.8, 4) is 0 Å². The summed E-state index contributed by atoms with van der Waals surface area (Å²) in [7, 11) is 0. The highest BCUT2D eigenvalue weighted by Crippen LogP contribution is 2.19. The number of benzene rings is 2. The number of fused-ring (bicyclic) bond motifs is 1. The summed E-state index contributed by atoms with van der Waals surface area (Å²) >= 11 is 0. The van der Waals surface area contributed by atoms with Gasteiger partial charge in [0.25, 0.3) is 0 Å². The fraction of sp³-hybridized carbons (Fsp3) is 0.182. The van der Waals surface area contributed by atoms with Gasteiger partial charge >= 0.3 is 0 Å².